The Bertz CT molecular complexity index is 1430. The molecule has 4 heterocycles. The monoisotopic (exact) mass is 462 g/mol. The van der Waals surface area contributed by atoms with Gasteiger partial charge in [0.15, 0.2) is 0 Å². The van der Waals surface area contributed by atoms with Gasteiger partial charge >= 0.3 is 0 Å². The van der Waals surface area contributed by atoms with Crippen LogP contribution >= 0.6 is 0 Å². The van der Waals surface area contributed by atoms with Crippen LogP contribution in [-0.4, -0.2) is 57.9 Å². The number of aromatic amines is 1. The van der Waals surface area contributed by atoms with E-state index in [1.807, 2.05) is 29.3 Å². The summed E-state index contributed by atoms with van der Waals surface area (Å²) in [5.74, 6) is 0. The molecular formula is C29H30N6. The van der Waals surface area contributed by atoms with Gasteiger partial charge in [-0.2, -0.15) is 5.10 Å². The molecular weight excluding hydrogens is 432 g/mol. The van der Waals surface area contributed by atoms with Crippen molar-refractivity contribution in [2.24, 2.45) is 0 Å². The number of likely N-dealkylation sites (N-methyl/N-ethyl adjacent to an activating group) is 1. The van der Waals surface area contributed by atoms with Crippen molar-refractivity contribution in [3.05, 3.63) is 91.0 Å². The van der Waals surface area contributed by atoms with E-state index in [-0.39, 0.29) is 6.04 Å². The van der Waals surface area contributed by atoms with E-state index in [4.69, 9.17) is 4.98 Å². The predicted molar refractivity (Wildman–Crippen MR) is 143 cm³/mol. The van der Waals surface area contributed by atoms with Crippen LogP contribution in [0.2, 0.25) is 0 Å². The third-order valence-corrected chi connectivity index (χ3v) is 7.19. The molecule has 1 fully saturated rings. The number of piperazine rings is 1. The standard InChI is InChI=1S/C29H30N6/c1-21(22-6-4-3-5-7-22)35-20-25(18-32-35)28-19-31-29-27(28)16-24(17-30-29)23-8-10-26(11-9-23)34-14-12-33(2)13-15-34/h3-11,16-21H,12-15H2,1-2H3,(H,30,31). The SMILES string of the molecule is CC(c1ccccc1)n1cc(-c2c[nH]c3ncc(-c4ccc(N5CCN(C)CC5)cc4)cc23)cn1. The minimum atomic E-state index is 0.169. The zero-order valence-corrected chi connectivity index (χ0v) is 20.2. The number of nitrogens with zero attached hydrogens (tertiary/aromatic N) is 5. The number of pyridine rings is 1. The minimum Gasteiger partial charge on any atom is -0.369 e. The molecule has 0 bridgehead atoms. The third kappa shape index (κ3) is 4.21. The predicted octanol–water partition coefficient (Wildman–Crippen LogP) is 5.45. The summed E-state index contributed by atoms with van der Waals surface area (Å²) in [6.45, 7) is 6.55. The number of anilines is 1. The van der Waals surface area contributed by atoms with Crippen LogP contribution in [0.5, 0.6) is 0 Å². The molecule has 1 unspecified atom stereocenters. The molecule has 0 aliphatic carbocycles. The molecule has 2 aromatic carbocycles. The molecule has 0 radical (unpaired) electrons. The Balaban J connectivity index is 1.27. The number of H-pyrrole nitrogens is 1. The Kier molecular flexibility index (Phi) is 5.58. The molecule has 1 aliphatic rings. The highest BCUT2D eigenvalue weighted by Crippen LogP contribution is 2.32. The van der Waals surface area contributed by atoms with Gasteiger partial charge in [0.25, 0.3) is 0 Å². The normalized spacial score (nSPS) is 15.5. The number of nitrogens with one attached hydrogen (secondary N) is 1. The average molecular weight is 463 g/mol. The van der Waals surface area contributed by atoms with Crippen LogP contribution in [-0.2, 0) is 0 Å². The van der Waals surface area contributed by atoms with E-state index in [1.54, 1.807) is 0 Å². The molecule has 6 rings (SSSR count). The number of aromatic nitrogens is 4. The van der Waals surface area contributed by atoms with E-state index in [1.165, 1.54) is 16.8 Å². The van der Waals surface area contributed by atoms with Gasteiger partial charge in [-0.15, -0.1) is 0 Å². The maximum atomic E-state index is 4.72. The van der Waals surface area contributed by atoms with Crippen molar-refractivity contribution >= 4 is 16.7 Å². The van der Waals surface area contributed by atoms with Crippen LogP contribution in [0.1, 0.15) is 18.5 Å². The molecule has 3 aromatic heterocycles. The third-order valence-electron chi connectivity index (χ3n) is 7.19. The van der Waals surface area contributed by atoms with Crippen molar-refractivity contribution in [1.29, 1.82) is 0 Å². The molecule has 1 aliphatic heterocycles. The van der Waals surface area contributed by atoms with Gasteiger partial charge in [0, 0.05) is 72.5 Å². The first kappa shape index (κ1) is 21.6. The summed E-state index contributed by atoms with van der Waals surface area (Å²) >= 11 is 0. The zero-order chi connectivity index (χ0) is 23.8. The molecule has 0 spiro atoms. The van der Waals surface area contributed by atoms with Crippen molar-refractivity contribution in [3.8, 4) is 22.3 Å². The highest BCUT2D eigenvalue weighted by Gasteiger charge is 2.16. The summed E-state index contributed by atoms with van der Waals surface area (Å²) in [6.07, 6.45) is 8.05. The number of hydrogen-bond donors (Lipinski definition) is 1. The number of fused-ring (bicyclic) bond motifs is 1. The molecule has 1 N–H and O–H groups in total. The molecule has 6 nitrogen and oxygen atoms in total. The lowest BCUT2D eigenvalue weighted by Crippen LogP contribution is -2.44. The summed E-state index contributed by atoms with van der Waals surface area (Å²) in [6, 6.07) is 21.8. The maximum Gasteiger partial charge on any atom is 0.137 e. The van der Waals surface area contributed by atoms with Gasteiger partial charge in [-0.05, 0) is 43.3 Å². The molecule has 176 valence electrons. The van der Waals surface area contributed by atoms with Gasteiger partial charge in [0.1, 0.15) is 5.65 Å². The zero-order valence-electron chi connectivity index (χ0n) is 20.2. The highest BCUT2D eigenvalue weighted by atomic mass is 15.3. The molecule has 35 heavy (non-hydrogen) atoms. The number of rotatable bonds is 5. The van der Waals surface area contributed by atoms with Crippen molar-refractivity contribution in [2.75, 3.05) is 38.1 Å². The van der Waals surface area contributed by atoms with E-state index in [0.29, 0.717) is 0 Å². The van der Waals surface area contributed by atoms with Gasteiger partial charge in [-0.1, -0.05) is 42.5 Å². The van der Waals surface area contributed by atoms with E-state index in [0.717, 1.165) is 53.9 Å². The Labute approximate surface area is 205 Å². The van der Waals surface area contributed by atoms with Gasteiger partial charge in [0.2, 0.25) is 0 Å². The second-order valence-corrected chi connectivity index (χ2v) is 9.46. The van der Waals surface area contributed by atoms with E-state index < -0.39 is 0 Å². The lowest BCUT2D eigenvalue weighted by molar-refractivity contribution is 0.313. The van der Waals surface area contributed by atoms with Crippen molar-refractivity contribution in [1.82, 2.24) is 24.6 Å². The van der Waals surface area contributed by atoms with Crippen molar-refractivity contribution in [3.63, 3.8) is 0 Å². The van der Waals surface area contributed by atoms with E-state index >= 15 is 0 Å². The van der Waals surface area contributed by atoms with E-state index in [9.17, 15) is 0 Å². The quantitative estimate of drug-likeness (QED) is 0.377. The Morgan fingerprint density at radius 2 is 1.63 bits per heavy atom. The first-order valence-electron chi connectivity index (χ1n) is 12.3. The summed E-state index contributed by atoms with van der Waals surface area (Å²) in [5, 5.41) is 5.78. The van der Waals surface area contributed by atoms with Crippen LogP contribution in [0.15, 0.2) is 85.5 Å². The van der Waals surface area contributed by atoms with E-state index in [2.05, 4.69) is 94.6 Å². The second kappa shape index (κ2) is 9.04. The number of hydrogen-bond acceptors (Lipinski definition) is 4. The summed E-state index contributed by atoms with van der Waals surface area (Å²) in [5.41, 5.74) is 7.93. The summed E-state index contributed by atoms with van der Waals surface area (Å²) < 4.78 is 2.03. The molecule has 1 saturated heterocycles. The minimum absolute atomic E-state index is 0.169. The molecule has 5 aromatic rings. The van der Waals surface area contributed by atoms with Gasteiger partial charge in [-0.25, -0.2) is 4.98 Å². The van der Waals surface area contributed by atoms with Crippen molar-refractivity contribution in [2.45, 2.75) is 13.0 Å². The van der Waals surface area contributed by atoms with Crippen LogP contribution in [0.4, 0.5) is 5.69 Å². The first-order valence-corrected chi connectivity index (χ1v) is 12.3. The van der Waals surface area contributed by atoms with Crippen LogP contribution < -0.4 is 4.90 Å². The number of benzene rings is 2. The van der Waals surface area contributed by atoms with Gasteiger partial charge in [-0.3, -0.25) is 4.68 Å². The van der Waals surface area contributed by atoms with Gasteiger partial charge in [0.05, 0.1) is 12.2 Å². The average Bonchev–Trinajstić information content (AvgIpc) is 3.56. The molecule has 0 saturated carbocycles. The molecule has 6 heteroatoms. The summed E-state index contributed by atoms with van der Waals surface area (Å²) in [4.78, 5) is 12.9. The maximum absolute atomic E-state index is 4.72. The summed E-state index contributed by atoms with van der Waals surface area (Å²) in [7, 11) is 2.19. The Morgan fingerprint density at radius 3 is 2.40 bits per heavy atom. The molecule has 1 atom stereocenters. The van der Waals surface area contributed by atoms with Crippen LogP contribution in [0.25, 0.3) is 33.3 Å². The van der Waals surface area contributed by atoms with Crippen molar-refractivity contribution < 1.29 is 0 Å². The van der Waals surface area contributed by atoms with Gasteiger partial charge < -0.3 is 14.8 Å². The first-order chi connectivity index (χ1) is 17.2. The largest absolute Gasteiger partial charge is 0.369 e. The fourth-order valence-electron chi connectivity index (χ4n) is 4.90. The lowest BCUT2D eigenvalue weighted by atomic mass is 10.0. The smallest absolute Gasteiger partial charge is 0.137 e. The Morgan fingerprint density at radius 1 is 0.857 bits per heavy atom. The Hall–Kier alpha value is -3.90. The molecule has 0 amide bonds. The van der Waals surface area contributed by atoms with Crippen LogP contribution in [0, 0.1) is 0 Å². The lowest BCUT2D eigenvalue weighted by Gasteiger charge is -2.34. The van der Waals surface area contributed by atoms with Crippen LogP contribution in [0.3, 0.4) is 0 Å². The topological polar surface area (TPSA) is 53.0 Å². The fraction of sp³-hybridized carbons (Fsp3) is 0.241. The fourth-order valence-corrected chi connectivity index (χ4v) is 4.90. The second-order valence-electron chi connectivity index (χ2n) is 9.46. The highest BCUT2D eigenvalue weighted by molar-refractivity contribution is 5.95.